The van der Waals surface area contributed by atoms with E-state index in [2.05, 4.69) is 57.3 Å². The standard InChI is InChI=1S/C26H29N3O2S/c1-16(2)19-8-6-18(7-9-19)14-23-25(31)29(21-12-10-20(11-13-21)17(3)4)26(32-23)22(15-27)24(30)28-5/h6-13,16-17,23H,14H2,1-5H3,(H,28,30)/b26-22-. The van der Waals surface area contributed by atoms with Crippen molar-refractivity contribution in [2.45, 2.75) is 51.2 Å². The molecule has 0 aromatic heterocycles. The summed E-state index contributed by atoms with van der Waals surface area (Å²) in [7, 11) is 1.48. The van der Waals surface area contributed by atoms with Crippen molar-refractivity contribution in [2.24, 2.45) is 0 Å². The molecule has 1 N–H and O–H groups in total. The van der Waals surface area contributed by atoms with Crippen LogP contribution in [-0.2, 0) is 16.0 Å². The SMILES string of the molecule is CNC(=O)/C(C#N)=C1\SC(Cc2ccc(C(C)C)cc2)C(=O)N1c1ccc(C(C)C)cc1. The normalized spacial score (nSPS) is 17.6. The maximum atomic E-state index is 13.5. The Kier molecular flexibility index (Phi) is 7.42. The molecule has 0 spiro atoms. The molecule has 1 fully saturated rings. The molecule has 1 aliphatic heterocycles. The van der Waals surface area contributed by atoms with E-state index in [0.717, 1.165) is 11.1 Å². The molecule has 32 heavy (non-hydrogen) atoms. The van der Waals surface area contributed by atoms with E-state index in [4.69, 9.17) is 0 Å². The molecule has 1 atom stereocenters. The van der Waals surface area contributed by atoms with Crippen LogP contribution in [0.1, 0.15) is 56.2 Å². The number of carbonyl (C=O) groups is 2. The molecule has 0 radical (unpaired) electrons. The molecule has 1 aliphatic rings. The fourth-order valence-corrected chi connectivity index (χ4v) is 4.92. The van der Waals surface area contributed by atoms with Gasteiger partial charge >= 0.3 is 0 Å². The Morgan fingerprint density at radius 3 is 2.03 bits per heavy atom. The quantitative estimate of drug-likeness (QED) is 0.494. The summed E-state index contributed by atoms with van der Waals surface area (Å²) in [6.07, 6.45) is 0.526. The number of anilines is 1. The van der Waals surface area contributed by atoms with E-state index in [9.17, 15) is 14.9 Å². The summed E-state index contributed by atoms with van der Waals surface area (Å²) in [6.45, 7) is 8.51. The number of nitriles is 1. The zero-order valence-electron chi connectivity index (χ0n) is 19.2. The molecule has 1 saturated heterocycles. The lowest BCUT2D eigenvalue weighted by atomic mass is 10.00. The number of hydrogen-bond donors (Lipinski definition) is 1. The van der Waals surface area contributed by atoms with Gasteiger partial charge in [-0.1, -0.05) is 75.9 Å². The van der Waals surface area contributed by atoms with Crippen LogP contribution in [0, 0.1) is 11.3 Å². The van der Waals surface area contributed by atoms with E-state index in [1.54, 1.807) is 0 Å². The van der Waals surface area contributed by atoms with Gasteiger partial charge in [0.15, 0.2) is 0 Å². The number of thioether (sulfide) groups is 1. The highest BCUT2D eigenvalue weighted by Crippen LogP contribution is 2.42. The largest absolute Gasteiger partial charge is 0.354 e. The molecular formula is C26H29N3O2S. The lowest BCUT2D eigenvalue weighted by Crippen LogP contribution is -2.31. The second-order valence-electron chi connectivity index (χ2n) is 8.50. The summed E-state index contributed by atoms with van der Waals surface area (Å²) in [5, 5.41) is 12.2. The summed E-state index contributed by atoms with van der Waals surface area (Å²) in [5.74, 6) is 0.196. The Balaban J connectivity index is 1.98. The van der Waals surface area contributed by atoms with Gasteiger partial charge in [0, 0.05) is 12.7 Å². The summed E-state index contributed by atoms with van der Waals surface area (Å²) in [6, 6.07) is 18.0. The predicted octanol–water partition coefficient (Wildman–Crippen LogP) is 5.11. The van der Waals surface area contributed by atoms with E-state index < -0.39 is 11.2 Å². The Morgan fingerprint density at radius 2 is 1.56 bits per heavy atom. The second kappa shape index (κ2) is 10.1. The van der Waals surface area contributed by atoms with Crippen molar-refractivity contribution < 1.29 is 9.59 Å². The summed E-state index contributed by atoms with van der Waals surface area (Å²) in [5.41, 5.74) is 4.08. The molecule has 2 aromatic carbocycles. The van der Waals surface area contributed by atoms with Gasteiger partial charge in [-0.25, -0.2) is 0 Å². The summed E-state index contributed by atoms with van der Waals surface area (Å²) in [4.78, 5) is 27.4. The molecule has 1 heterocycles. The highest BCUT2D eigenvalue weighted by Gasteiger charge is 2.40. The number of hydrogen-bond acceptors (Lipinski definition) is 4. The van der Waals surface area contributed by atoms with Crippen LogP contribution in [-0.4, -0.2) is 24.1 Å². The lowest BCUT2D eigenvalue weighted by Gasteiger charge is -2.19. The van der Waals surface area contributed by atoms with Crippen molar-refractivity contribution in [3.63, 3.8) is 0 Å². The first-order valence-corrected chi connectivity index (χ1v) is 11.7. The zero-order chi connectivity index (χ0) is 23.4. The van der Waals surface area contributed by atoms with Crippen molar-refractivity contribution in [3.8, 4) is 6.07 Å². The van der Waals surface area contributed by atoms with Gasteiger partial charge in [-0.2, -0.15) is 5.26 Å². The molecule has 1 unspecified atom stereocenters. The van der Waals surface area contributed by atoms with Gasteiger partial charge in [0.2, 0.25) is 5.91 Å². The van der Waals surface area contributed by atoms with Crippen LogP contribution in [0.15, 0.2) is 59.1 Å². The topological polar surface area (TPSA) is 73.2 Å². The first-order chi connectivity index (χ1) is 15.3. The number of likely N-dealkylation sites (N-methyl/N-ethyl adjacent to an activating group) is 1. The van der Waals surface area contributed by atoms with Gasteiger partial charge in [-0.15, -0.1) is 0 Å². The molecule has 5 nitrogen and oxygen atoms in total. The summed E-state index contributed by atoms with van der Waals surface area (Å²) < 4.78 is 0. The van der Waals surface area contributed by atoms with Gasteiger partial charge in [0.25, 0.3) is 5.91 Å². The first kappa shape index (κ1) is 23.6. The molecule has 0 aliphatic carbocycles. The van der Waals surface area contributed by atoms with Crippen molar-refractivity contribution in [2.75, 3.05) is 11.9 Å². The van der Waals surface area contributed by atoms with Gasteiger partial charge in [0.05, 0.1) is 5.25 Å². The minimum absolute atomic E-state index is 0.0450. The second-order valence-corrected chi connectivity index (χ2v) is 9.69. The van der Waals surface area contributed by atoms with Crippen LogP contribution < -0.4 is 10.2 Å². The van der Waals surface area contributed by atoms with Crippen LogP contribution in [0.3, 0.4) is 0 Å². The molecule has 0 bridgehead atoms. The van der Waals surface area contributed by atoms with E-state index in [0.29, 0.717) is 29.0 Å². The lowest BCUT2D eigenvalue weighted by molar-refractivity contribution is -0.117. The maximum absolute atomic E-state index is 13.5. The van der Waals surface area contributed by atoms with E-state index in [1.165, 1.54) is 29.3 Å². The third-order valence-electron chi connectivity index (χ3n) is 5.62. The van der Waals surface area contributed by atoms with Crippen LogP contribution in [0.2, 0.25) is 0 Å². The fraction of sp³-hybridized carbons (Fsp3) is 0.346. The molecule has 3 rings (SSSR count). The smallest absolute Gasteiger partial charge is 0.264 e. The van der Waals surface area contributed by atoms with E-state index in [1.807, 2.05) is 30.3 Å². The van der Waals surface area contributed by atoms with E-state index in [-0.39, 0.29) is 11.5 Å². The Morgan fingerprint density at radius 1 is 1.03 bits per heavy atom. The number of benzene rings is 2. The summed E-state index contributed by atoms with van der Waals surface area (Å²) >= 11 is 1.29. The zero-order valence-corrected chi connectivity index (χ0v) is 20.0. The molecule has 6 heteroatoms. The number of nitrogens with zero attached hydrogens (tertiary/aromatic N) is 2. The van der Waals surface area contributed by atoms with Crippen molar-refractivity contribution in [1.29, 1.82) is 5.26 Å². The van der Waals surface area contributed by atoms with Gasteiger partial charge < -0.3 is 5.32 Å². The van der Waals surface area contributed by atoms with Gasteiger partial charge in [-0.05, 0) is 47.1 Å². The monoisotopic (exact) mass is 447 g/mol. The van der Waals surface area contributed by atoms with E-state index >= 15 is 0 Å². The van der Waals surface area contributed by atoms with Crippen LogP contribution in [0.25, 0.3) is 0 Å². The fourth-order valence-electron chi connectivity index (χ4n) is 3.61. The van der Waals surface area contributed by atoms with Crippen LogP contribution >= 0.6 is 11.8 Å². The molecule has 2 amide bonds. The molecule has 2 aromatic rings. The average molecular weight is 448 g/mol. The predicted molar refractivity (Wildman–Crippen MR) is 130 cm³/mol. The number of amides is 2. The maximum Gasteiger partial charge on any atom is 0.264 e. The van der Waals surface area contributed by atoms with Crippen molar-refractivity contribution >= 4 is 29.3 Å². The van der Waals surface area contributed by atoms with Gasteiger partial charge in [-0.3, -0.25) is 14.5 Å². The van der Waals surface area contributed by atoms with Crippen LogP contribution in [0.5, 0.6) is 0 Å². The van der Waals surface area contributed by atoms with Crippen molar-refractivity contribution in [3.05, 3.63) is 75.8 Å². The molecule has 0 saturated carbocycles. The minimum Gasteiger partial charge on any atom is -0.354 e. The number of carbonyl (C=O) groups excluding carboxylic acids is 2. The number of rotatable bonds is 6. The first-order valence-electron chi connectivity index (χ1n) is 10.8. The average Bonchev–Trinajstić information content (AvgIpc) is 3.10. The molecular weight excluding hydrogens is 418 g/mol. The third-order valence-corrected chi connectivity index (χ3v) is 6.88. The van der Waals surface area contributed by atoms with Crippen LogP contribution in [0.4, 0.5) is 5.69 Å². The van der Waals surface area contributed by atoms with Gasteiger partial charge in [0.1, 0.15) is 16.7 Å². The Hall–Kier alpha value is -3.04. The molecule has 166 valence electrons. The minimum atomic E-state index is -0.492. The Labute approximate surface area is 194 Å². The third kappa shape index (κ3) is 4.89. The van der Waals surface area contributed by atoms with Crippen molar-refractivity contribution in [1.82, 2.24) is 5.32 Å². The highest BCUT2D eigenvalue weighted by atomic mass is 32.2. The number of nitrogens with one attached hydrogen (secondary N) is 1. The highest BCUT2D eigenvalue weighted by molar-refractivity contribution is 8.05. The Bertz CT molecular complexity index is 1060.